The van der Waals surface area contributed by atoms with Crippen LogP contribution in [0.25, 0.3) is 22.5 Å². The number of nitrogens with zero attached hydrogens (tertiary/aromatic N) is 5. The number of non-ortho nitro benzene ring substituents is 1. The summed E-state index contributed by atoms with van der Waals surface area (Å²) in [7, 11) is 0. The number of aromatic nitrogens is 4. The molecular weight excluding hydrogens is 830 g/mol. The Hall–Kier alpha value is -7.58. The monoisotopic (exact) mass is 863 g/mol. The number of carbonyl (C=O) groups excluding carboxylic acids is 2. The van der Waals surface area contributed by atoms with Gasteiger partial charge in [0.05, 0.1) is 4.92 Å². The lowest BCUT2D eigenvalue weighted by Gasteiger charge is -2.05. The first kappa shape index (κ1) is 40.6. The standard InChI is InChI=1S/C23H17BrN2O3.C23H17N3O5/c24-18-6-4-5-16(13-18)21-14-20(29-26-21)10-11-22(27)17-9-12-23(25-15-17)28-19-7-2-1-3-8-19;27-22(17-8-13-23(24-15-17)30-19-4-2-1-3-5-19)12-11-20-14-21(25-31-20)16-6-9-18(10-7-16)26(28)29/h1-9,12-15H,10-11H2;1-10,13-15H,11-12H2. The van der Waals surface area contributed by atoms with Gasteiger partial charge in [-0.05, 0) is 60.7 Å². The van der Waals surface area contributed by atoms with Gasteiger partial charge in [0.25, 0.3) is 5.69 Å². The molecule has 14 heteroatoms. The summed E-state index contributed by atoms with van der Waals surface area (Å²) in [6.07, 6.45) is 4.42. The Kier molecular flexibility index (Phi) is 13.3. The van der Waals surface area contributed by atoms with E-state index in [1.165, 1.54) is 24.5 Å². The minimum absolute atomic E-state index is 0.00635. The van der Waals surface area contributed by atoms with Crippen LogP contribution < -0.4 is 9.47 Å². The Balaban J connectivity index is 0.000000182. The fourth-order valence-electron chi connectivity index (χ4n) is 5.73. The van der Waals surface area contributed by atoms with Crippen molar-refractivity contribution in [3.8, 4) is 45.8 Å². The van der Waals surface area contributed by atoms with E-state index in [4.69, 9.17) is 18.5 Å². The summed E-state index contributed by atoms with van der Waals surface area (Å²) in [4.78, 5) is 43.6. The van der Waals surface area contributed by atoms with Crippen LogP contribution in [0.3, 0.4) is 0 Å². The molecule has 0 unspecified atom stereocenters. The van der Waals surface area contributed by atoms with E-state index in [-0.39, 0.29) is 23.7 Å². The summed E-state index contributed by atoms with van der Waals surface area (Å²) in [6, 6.07) is 42.8. The van der Waals surface area contributed by atoms with Gasteiger partial charge in [0.1, 0.15) is 34.4 Å². The van der Waals surface area contributed by atoms with E-state index in [0.717, 1.165) is 15.7 Å². The Morgan fingerprint density at radius 2 is 1.08 bits per heavy atom. The van der Waals surface area contributed by atoms with Crippen LogP contribution in [0.5, 0.6) is 23.3 Å². The second kappa shape index (κ2) is 19.7. The number of ketones is 2. The Morgan fingerprint density at radius 1 is 0.583 bits per heavy atom. The molecule has 0 aliphatic heterocycles. The molecular formula is C46H34BrN5O8. The summed E-state index contributed by atoms with van der Waals surface area (Å²) in [5.41, 5.74) is 3.99. The number of carbonyl (C=O) groups is 2. The zero-order valence-electron chi connectivity index (χ0n) is 31.7. The van der Waals surface area contributed by atoms with Crippen LogP contribution in [0.15, 0.2) is 172 Å². The highest BCUT2D eigenvalue weighted by Gasteiger charge is 2.14. The van der Waals surface area contributed by atoms with Gasteiger partial charge in [-0.15, -0.1) is 0 Å². The van der Waals surface area contributed by atoms with Gasteiger partial charge in [0, 0.05) is 101 Å². The molecule has 0 fully saturated rings. The molecule has 0 aliphatic carbocycles. The van der Waals surface area contributed by atoms with Crippen LogP contribution in [0.1, 0.15) is 45.1 Å². The number of ether oxygens (including phenoxy) is 2. The number of pyridine rings is 2. The molecule has 0 radical (unpaired) electrons. The number of halogens is 1. The molecule has 0 N–H and O–H groups in total. The molecule has 0 saturated carbocycles. The number of nitro groups is 1. The van der Waals surface area contributed by atoms with Crippen LogP contribution in [-0.4, -0.2) is 36.8 Å². The predicted molar refractivity (Wildman–Crippen MR) is 225 cm³/mol. The Morgan fingerprint density at radius 3 is 1.53 bits per heavy atom. The third kappa shape index (κ3) is 11.3. The predicted octanol–water partition coefficient (Wildman–Crippen LogP) is 11.4. The number of para-hydroxylation sites is 2. The van der Waals surface area contributed by atoms with E-state index in [1.54, 1.807) is 42.5 Å². The van der Waals surface area contributed by atoms with Gasteiger partial charge in [0.15, 0.2) is 11.6 Å². The van der Waals surface area contributed by atoms with Crippen molar-refractivity contribution in [3.05, 3.63) is 195 Å². The summed E-state index contributed by atoms with van der Waals surface area (Å²) >= 11 is 3.45. The van der Waals surface area contributed by atoms with Crippen molar-refractivity contribution in [2.45, 2.75) is 25.7 Å². The van der Waals surface area contributed by atoms with E-state index in [2.05, 4.69) is 36.2 Å². The quantitative estimate of drug-likeness (QED) is 0.0543. The lowest BCUT2D eigenvalue weighted by molar-refractivity contribution is -0.384. The van der Waals surface area contributed by atoms with Crippen LogP contribution in [0.4, 0.5) is 5.69 Å². The fraction of sp³-hybridized carbons (Fsp3) is 0.0870. The maximum Gasteiger partial charge on any atom is 0.269 e. The third-order valence-electron chi connectivity index (χ3n) is 8.86. The lowest BCUT2D eigenvalue weighted by Crippen LogP contribution is -2.01. The zero-order chi connectivity index (χ0) is 41.7. The molecule has 4 heterocycles. The number of aryl methyl sites for hydroxylation is 2. The Bertz CT molecular complexity index is 2670. The first-order valence-corrected chi connectivity index (χ1v) is 19.4. The van der Waals surface area contributed by atoms with Crippen molar-refractivity contribution in [1.29, 1.82) is 0 Å². The van der Waals surface area contributed by atoms with Crippen molar-refractivity contribution < 1.29 is 33.0 Å². The number of nitro benzene ring substituents is 1. The first-order chi connectivity index (χ1) is 29.3. The molecule has 0 bridgehead atoms. The number of hydrogen-bond acceptors (Lipinski definition) is 12. The molecule has 0 amide bonds. The minimum atomic E-state index is -0.460. The molecule has 0 atom stereocenters. The molecule has 60 heavy (non-hydrogen) atoms. The van der Waals surface area contributed by atoms with Crippen molar-refractivity contribution in [2.24, 2.45) is 0 Å². The number of Topliss-reactive ketones (excluding diaryl/α,β-unsaturated/α-hetero) is 2. The highest BCUT2D eigenvalue weighted by atomic mass is 79.9. The zero-order valence-corrected chi connectivity index (χ0v) is 33.3. The van der Waals surface area contributed by atoms with E-state index in [1.807, 2.05) is 91.0 Å². The van der Waals surface area contributed by atoms with Crippen LogP contribution in [0.2, 0.25) is 0 Å². The topological polar surface area (TPSA) is 174 Å². The van der Waals surface area contributed by atoms with Crippen LogP contribution >= 0.6 is 15.9 Å². The average molecular weight is 865 g/mol. The molecule has 8 aromatic rings. The summed E-state index contributed by atoms with van der Waals surface area (Å²) in [5, 5.41) is 18.8. The van der Waals surface area contributed by atoms with Gasteiger partial charge >= 0.3 is 0 Å². The molecule has 298 valence electrons. The van der Waals surface area contributed by atoms with Gasteiger partial charge in [-0.1, -0.05) is 74.8 Å². The van der Waals surface area contributed by atoms with Crippen LogP contribution in [-0.2, 0) is 12.8 Å². The fourth-order valence-corrected chi connectivity index (χ4v) is 6.13. The first-order valence-electron chi connectivity index (χ1n) is 18.6. The van der Waals surface area contributed by atoms with Gasteiger partial charge in [0.2, 0.25) is 11.8 Å². The third-order valence-corrected chi connectivity index (χ3v) is 9.35. The van der Waals surface area contributed by atoms with Crippen molar-refractivity contribution >= 4 is 33.2 Å². The normalized spacial score (nSPS) is 10.6. The maximum absolute atomic E-state index is 12.5. The largest absolute Gasteiger partial charge is 0.439 e. The molecule has 0 saturated heterocycles. The van der Waals surface area contributed by atoms with Gasteiger partial charge < -0.3 is 18.5 Å². The molecule has 0 aliphatic rings. The van der Waals surface area contributed by atoms with Crippen LogP contribution in [0, 0.1) is 10.1 Å². The summed E-state index contributed by atoms with van der Waals surface area (Å²) < 4.78 is 22.9. The number of benzene rings is 4. The van der Waals surface area contributed by atoms with Gasteiger partial charge in [-0.3, -0.25) is 19.7 Å². The summed E-state index contributed by atoms with van der Waals surface area (Å²) in [5.74, 6) is 3.36. The van der Waals surface area contributed by atoms with Crippen molar-refractivity contribution in [1.82, 2.24) is 20.3 Å². The number of hydrogen-bond donors (Lipinski definition) is 0. The van der Waals surface area contributed by atoms with Crippen molar-refractivity contribution in [2.75, 3.05) is 0 Å². The SMILES string of the molecule is O=C(CCc1cc(-c2ccc([N+](=O)[O-])cc2)no1)c1ccc(Oc2ccccc2)nc1.O=C(CCc1cc(-c2cccc(Br)c2)no1)c1ccc(Oc2ccccc2)nc1. The maximum atomic E-state index is 12.5. The second-order valence-corrected chi connectivity index (χ2v) is 14.0. The van der Waals surface area contributed by atoms with E-state index >= 15 is 0 Å². The molecule has 13 nitrogen and oxygen atoms in total. The average Bonchev–Trinajstić information content (AvgIpc) is 3.97. The molecule has 4 aromatic carbocycles. The molecule has 8 rings (SSSR count). The lowest BCUT2D eigenvalue weighted by atomic mass is 10.1. The smallest absolute Gasteiger partial charge is 0.269 e. The molecule has 4 aromatic heterocycles. The minimum Gasteiger partial charge on any atom is -0.439 e. The van der Waals surface area contributed by atoms with Crippen molar-refractivity contribution in [3.63, 3.8) is 0 Å². The highest BCUT2D eigenvalue weighted by molar-refractivity contribution is 9.10. The van der Waals surface area contributed by atoms with E-state index in [0.29, 0.717) is 76.4 Å². The van der Waals surface area contributed by atoms with E-state index in [9.17, 15) is 19.7 Å². The molecule has 0 spiro atoms. The van der Waals surface area contributed by atoms with Gasteiger partial charge in [-0.25, -0.2) is 9.97 Å². The number of rotatable bonds is 15. The highest BCUT2D eigenvalue weighted by Crippen LogP contribution is 2.26. The summed E-state index contributed by atoms with van der Waals surface area (Å²) in [6.45, 7) is 0. The second-order valence-electron chi connectivity index (χ2n) is 13.1. The Labute approximate surface area is 351 Å². The van der Waals surface area contributed by atoms with Gasteiger partial charge in [-0.2, -0.15) is 0 Å². The van der Waals surface area contributed by atoms with E-state index < -0.39 is 4.92 Å².